The van der Waals surface area contributed by atoms with E-state index in [0.717, 1.165) is 31.5 Å². The Bertz CT molecular complexity index is 444. The molecule has 0 unspecified atom stereocenters. The summed E-state index contributed by atoms with van der Waals surface area (Å²) in [4.78, 5) is 10.4. The summed E-state index contributed by atoms with van der Waals surface area (Å²) in [5.41, 5.74) is 0.788. The molecule has 0 amide bonds. The van der Waals surface area contributed by atoms with E-state index in [1.807, 2.05) is 0 Å². The minimum absolute atomic E-state index is 0.0275. The molecule has 104 valence electrons. The van der Waals surface area contributed by atoms with Gasteiger partial charge in [-0.15, -0.1) is 0 Å². The number of nitro groups is 1. The summed E-state index contributed by atoms with van der Waals surface area (Å²) < 4.78 is 10.8. The van der Waals surface area contributed by atoms with E-state index in [2.05, 4.69) is 5.32 Å². The van der Waals surface area contributed by atoms with Gasteiger partial charge in [0.2, 0.25) is 0 Å². The molecule has 0 aliphatic carbocycles. The normalized spacial score (nSPS) is 19.1. The lowest BCUT2D eigenvalue weighted by Crippen LogP contribution is -2.35. The third-order valence-corrected chi connectivity index (χ3v) is 3.13. The van der Waals surface area contributed by atoms with Crippen molar-refractivity contribution in [3.8, 4) is 5.75 Å². The van der Waals surface area contributed by atoms with Crippen LogP contribution in [0.25, 0.3) is 0 Å². The van der Waals surface area contributed by atoms with Crippen LogP contribution in [0.5, 0.6) is 5.75 Å². The van der Waals surface area contributed by atoms with Crippen LogP contribution in [0.1, 0.15) is 18.4 Å². The first-order valence-corrected chi connectivity index (χ1v) is 6.33. The minimum atomic E-state index is -0.422. The van der Waals surface area contributed by atoms with Gasteiger partial charge in [0.1, 0.15) is 5.75 Å². The van der Waals surface area contributed by atoms with E-state index < -0.39 is 4.92 Å². The average molecular weight is 266 g/mol. The van der Waals surface area contributed by atoms with Gasteiger partial charge in [0, 0.05) is 12.6 Å². The van der Waals surface area contributed by atoms with Gasteiger partial charge in [-0.05, 0) is 31.0 Å². The lowest BCUT2D eigenvalue weighted by atomic mass is 10.1. The fourth-order valence-electron chi connectivity index (χ4n) is 2.13. The molecule has 1 aliphatic heterocycles. The highest BCUT2D eigenvalue weighted by atomic mass is 16.6. The van der Waals surface area contributed by atoms with Gasteiger partial charge in [0.25, 0.3) is 5.69 Å². The Balaban J connectivity index is 2.02. The van der Waals surface area contributed by atoms with Crippen molar-refractivity contribution < 1.29 is 14.4 Å². The van der Waals surface area contributed by atoms with E-state index in [1.165, 1.54) is 19.2 Å². The van der Waals surface area contributed by atoms with Crippen molar-refractivity contribution in [2.24, 2.45) is 0 Å². The summed E-state index contributed by atoms with van der Waals surface area (Å²) in [6.07, 6.45) is 2.31. The molecule has 0 aromatic heterocycles. The van der Waals surface area contributed by atoms with Gasteiger partial charge >= 0.3 is 0 Å². The Morgan fingerprint density at radius 3 is 2.95 bits per heavy atom. The van der Waals surface area contributed by atoms with Gasteiger partial charge < -0.3 is 14.8 Å². The van der Waals surface area contributed by atoms with Crippen LogP contribution in [-0.4, -0.2) is 31.2 Å². The molecule has 0 saturated carbocycles. The molecular weight excluding hydrogens is 248 g/mol. The van der Waals surface area contributed by atoms with Crippen molar-refractivity contribution in [2.75, 3.05) is 20.2 Å². The fraction of sp³-hybridized carbons (Fsp3) is 0.538. The number of benzene rings is 1. The lowest BCUT2D eigenvalue weighted by molar-refractivity contribution is -0.385. The number of hydrogen-bond donors (Lipinski definition) is 1. The van der Waals surface area contributed by atoms with Crippen molar-refractivity contribution in [1.29, 1.82) is 0 Å². The summed E-state index contributed by atoms with van der Waals surface area (Å²) in [7, 11) is 1.49. The maximum atomic E-state index is 10.8. The Morgan fingerprint density at radius 2 is 2.32 bits per heavy atom. The predicted octanol–water partition coefficient (Wildman–Crippen LogP) is 1.87. The molecule has 1 aromatic rings. The minimum Gasteiger partial charge on any atom is -0.496 e. The number of piperidine rings is 1. The largest absolute Gasteiger partial charge is 0.496 e. The third-order valence-electron chi connectivity index (χ3n) is 3.13. The van der Waals surface area contributed by atoms with Crippen molar-refractivity contribution in [3.63, 3.8) is 0 Å². The number of ether oxygens (including phenoxy) is 2. The first kappa shape index (κ1) is 13.8. The molecule has 1 fully saturated rings. The second-order valence-electron chi connectivity index (χ2n) is 4.58. The van der Waals surface area contributed by atoms with Crippen LogP contribution in [0, 0.1) is 10.1 Å². The maximum Gasteiger partial charge on any atom is 0.273 e. The number of hydrogen-bond acceptors (Lipinski definition) is 5. The zero-order valence-electron chi connectivity index (χ0n) is 10.9. The van der Waals surface area contributed by atoms with E-state index in [1.54, 1.807) is 6.07 Å². The summed E-state index contributed by atoms with van der Waals surface area (Å²) in [6.45, 7) is 2.24. The molecule has 1 aromatic carbocycles. The summed E-state index contributed by atoms with van der Waals surface area (Å²) >= 11 is 0. The summed E-state index contributed by atoms with van der Waals surface area (Å²) in [5, 5.41) is 14.1. The molecule has 0 bridgehead atoms. The van der Waals surface area contributed by atoms with Crippen LogP contribution in [0.3, 0.4) is 0 Å². The highest BCUT2D eigenvalue weighted by Gasteiger charge is 2.15. The Morgan fingerprint density at radius 1 is 1.47 bits per heavy atom. The Labute approximate surface area is 111 Å². The van der Waals surface area contributed by atoms with Crippen LogP contribution in [0.4, 0.5) is 5.69 Å². The highest BCUT2D eigenvalue weighted by molar-refractivity contribution is 5.42. The lowest BCUT2D eigenvalue weighted by Gasteiger charge is -2.23. The molecule has 1 atom stereocenters. The van der Waals surface area contributed by atoms with Crippen LogP contribution >= 0.6 is 0 Å². The van der Waals surface area contributed by atoms with Gasteiger partial charge in [0.15, 0.2) is 0 Å². The molecule has 0 radical (unpaired) electrons. The molecule has 1 aliphatic rings. The number of nitrogens with zero attached hydrogens (tertiary/aromatic N) is 1. The van der Waals surface area contributed by atoms with Crippen LogP contribution in [-0.2, 0) is 11.3 Å². The molecule has 0 spiro atoms. The van der Waals surface area contributed by atoms with Gasteiger partial charge in [-0.3, -0.25) is 10.1 Å². The van der Waals surface area contributed by atoms with E-state index >= 15 is 0 Å². The number of nitro benzene ring substituents is 1. The molecule has 1 N–H and O–H groups in total. The fourth-order valence-corrected chi connectivity index (χ4v) is 2.13. The Kier molecular flexibility index (Phi) is 4.70. The number of non-ortho nitro benzene ring substituents is 1. The Hall–Kier alpha value is -1.66. The zero-order valence-corrected chi connectivity index (χ0v) is 10.9. The van der Waals surface area contributed by atoms with Gasteiger partial charge in [-0.1, -0.05) is 0 Å². The standard InChI is InChI=1S/C13H18N2O4/c1-18-13-6-10(5-11(7-13)15(16)17)9-19-12-3-2-4-14-8-12/h5-7,12,14H,2-4,8-9H2,1H3/t12-/m0/s1. The van der Waals surface area contributed by atoms with E-state index in [-0.39, 0.29) is 11.8 Å². The second kappa shape index (κ2) is 6.49. The quantitative estimate of drug-likeness (QED) is 0.650. The first-order chi connectivity index (χ1) is 9.19. The molecule has 6 heteroatoms. The van der Waals surface area contributed by atoms with Crippen LogP contribution in [0.2, 0.25) is 0 Å². The summed E-state index contributed by atoms with van der Waals surface area (Å²) in [6, 6.07) is 4.70. The number of rotatable bonds is 5. The maximum absolute atomic E-state index is 10.8. The van der Waals surface area contributed by atoms with Gasteiger partial charge in [0.05, 0.1) is 30.8 Å². The predicted molar refractivity (Wildman–Crippen MR) is 70.3 cm³/mol. The molecule has 19 heavy (non-hydrogen) atoms. The SMILES string of the molecule is COc1cc(CO[C@H]2CCCNC2)cc([N+](=O)[O-])c1. The van der Waals surface area contributed by atoms with Crippen molar-refractivity contribution >= 4 is 5.69 Å². The topological polar surface area (TPSA) is 73.6 Å². The van der Waals surface area contributed by atoms with Crippen molar-refractivity contribution in [3.05, 3.63) is 33.9 Å². The van der Waals surface area contributed by atoms with Gasteiger partial charge in [-0.25, -0.2) is 0 Å². The average Bonchev–Trinajstić information content (AvgIpc) is 2.45. The zero-order chi connectivity index (χ0) is 13.7. The van der Waals surface area contributed by atoms with Crippen LogP contribution in [0.15, 0.2) is 18.2 Å². The van der Waals surface area contributed by atoms with E-state index in [9.17, 15) is 10.1 Å². The molecule has 2 rings (SSSR count). The van der Waals surface area contributed by atoms with Gasteiger partial charge in [-0.2, -0.15) is 0 Å². The van der Waals surface area contributed by atoms with E-state index in [0.29, 0.717) is 12.4 Å². The van der Waals surface area contributed by atoms with Crippen LogP contribution < -0.4 is 10.1 Å². The van der Waals surface area contributed by atoms with Crippen molar-refractivity contribution in [1.82, 2.24) is 5.32 Å². The monoisotopic (exact) mass is 266 g/mol. The third kappa shape index (κ3) is 3.90. The first-order valence-electron chi connectivity index (χ1n) is 6.33. The second-order valence-corrected chi connectivity index (χ2v) is 4.58. The molecule has 1 heterocycles. The smallest absolute Gasteiger partial charge is 0.273 e. The summed E-state index contributed by atoms with van der Waals surface area (Å²) in [5.74, 6) is 0.481. The number of methoxy groups -OCH3 is 1. The van der Waals surface area contributed by atoms with Crippen molar-refractivity contribution in [2.45, 2.75) is 25.6 Å². The number of nitrogens with one attached hydrogen (secondary N) is 1. The highest BCUT2D eigenvalue weighted by Crippen LogP contribution is 2.23. The molecule has 6 nitrogen and oxygen atoms in total. The molecular formula is C13H18N2O4. The molecule has 1 saturated heterocycles. The van der Waals surface area contributed by atoms with E-state index in [4.69, 9.17) is 9.47 Å².